The molecule has 0 heterocycles. The molecule has 0 atom stereocenters. The van der Waals surface area contributed by atoms with E-state index in [1.807, 2.05) is 25.2 Å². The molecule has 21 heavy (non-hydrogen) atoms. The Kier molecular flexibility index (Phi) is 10.6. The SMILES string of the molecule is C=C/C=C\C=C(/C)N=C(N)CNc1ccc(F)cc1.CCl. The number of anilines is 1. The molecule has 0 saturated carbocycles. The van der Waals surface area contributed by atoms with Crippen molar-refractivity contribution in [3.8, 4) is 0 Å². The van der Waals surface area contributed by atoms with Crippen molar-refractivity contribution >= 4 is 23.1 Å². The second-order valence-corrected chi connectivity index (χ2v) is 3.89. The van der Waals surface area contributed by atoms with Crippen molar-refractivity contribution in [2.45, 2.75) is 6.92 Å². The zero-order chi connectivity index (χ0) is 16.1. The number of amidine groups is 1. The lowest BCUT2D eigenvalue weighted by Gasteiger charge is -2.05. The maximum Gasteiger partial charge on any atom is 0.123 e. The highest BCUT2D eigenvalue weighted by Gasteiger charge is 1.95. The van der Waals surface area contributed by atoms with E-state index in [0.717, 1.165) is 11.4 Å². The largest absolute Gasteiger partial charge is 0.386 e. The Morgan fingerprint density at radius 1 is 1.33 bits per heavy atom. The van der Waals surface area contributed by atoms with E-state index < -0.39 is 0 Å². The summed E-state index contributed by atoms with van der Waals surface area (Å²) >= 11 is 4.64. The highest BCUT2D eigenvalue weighted by atomic mass is 35.5. The smallest absolute Gasteiger partial charge is 0.123 e. The normalized spacial score (nSPS) is 11.8. The summed E-state index contributed by atoms with van der Waals surface area (Å²) in [6.07, 6.45) is 8.65. The molecule has 0 fully saturated rings. The molecule has 0 aliphatic heterocycles. The van der Waals surface area contributed by atoms with E-state index in [9.17, 15) is 4.39 Å². The fraction of sp³-hybridized carbons (Fsp3) is 0.188. The first-order chi connectivity index (χ1) is 10.1. The number of allylic oxidation sites excluding steroid dienone is 5. The van der Waals surface area contributed by atoms with Crippen molar-refractivity contribution in [2.24, 2.45) is 10.7 Å². The molecule has 1 aromatic rings. The molecule has 3 N–H and O–H groups in total. The second-order valence-electron chi connectivity index (χ2n) is 3.89. The highest BCUT2D eigenvalue weighted by Crippen LogP contribution is 2.07. The van der Waals surface area contributed by atoms with E-state index in [1.54, 1.807) is 18.2 Å². The molecule has 0 saturated heterocycles. The monoisotopic (exact) mass is 309 g/mol. The minimum Gasteiger partial charge on any atom is -0.386 e. The summed E-state index contributed by atoms with van der Waals surface area (Å²) in [5.74, 6) is 0.199. The number of aliphatic imine (C=N–C) groups is 1. The van der Waals surface area contributed by atoms with Gasteiger partial charge in [0.25, 0.3) is 0 Å². The number of rotatable bonds is 6. The van der Waals surface area contributed by atoms with Gasteiger partial charge in [0.1, 0.15) is 11.7 Å². The summed E-state index contributed by atoms with van der Waals surface area (Å²) in [6, 6.07) is 6.08. The van der Waals surface area contributed by atoms with Crippen molar-refractivity contribution < 1.29 is 4.39 Å². The minimum absolute atomic E-state index is 0.264. The third-order valence-electron chi connectivity index (χ3n) is 2.22. The van der Waals surface area contributed by atoms with Crippen molar-refractivity contribution in [1.29, 1.82) is 0 Å². The molecular weight excluding hydrogens is 289 g/mol. The third kappa shape index (κ3) is 9.46. The average molecular weight is 310 g/mol. The zero-order valence-electron chi connectivity index (χ0n) is 12.3. The first-order valence-electron chi connectivity index (χ1n) is 6.28. The van der Waals surface area contributed by atoms with Gasteiger partial charge >= 0.3 is 0 Å². The average Bonchev–Trinajstić information content (AvgIpc) is 2.49. The number of nitrogens with two attached hydrogens (primary N) is 1. The van der Waals surface area contributed by atoms with Crippen molar-refractivity contribution in [3.63, 3.8) is 0 Å². The summed E-state index contributed by atoms with van der Waals surface area (Å²) in [7, 11) is 0. The van der Waals surface area contributed by atoms with Gasteiger partial charge in [0.2, 0.25) is 0 Å². The summed E-state index contributed by atoms with van der Waals surface area (Å²) in [6.45, 7) is 5.84. The number of halogens is 2. The lowest BCUT2D eigenvalue weighted by molar-refractivity contribution is 0.628. The summed E-state index contributed by atoms with van der Waals surface area (Å²) < 4.78 is 12.7. The highest BCUT2D eigenvalue weighted by molar-refractivity contribution is 6.15. The van der Waals surface area contributed by atoms with Crippen molar-refractivity contribution in [2.75, 3.05) is 18.2 Å². The lowest BCUT2D eigenvalue weighted by atomic mass is 10.3. The molecule has 5 heteroatoms. The van der Waals surface area contributed by atoms with Crippen molar-refractivity contribution in [1.82, 2.24) is 0 Å². The van der Waals surface area contributed by atoms with Gasteiger partial charge in [0.05, 0.1) is 6.54 Å². The van der Waals surface area contributed by atoms with Gasteiger partial charge in [0.15, 0.2) is 0 Å². The molecule has 0 radical (unpaired) electrons. The summed E-state index contributed by atoms with van der Waals surface area (Å²) in [5, 5.41) is 3.06. The quantitative estimate of drug-likeness (QED) is 0.360. The van der Waals surface area contributed by atoms with Crippen LogP contribution in [0.3, 0.4) is 0 Å². The maximum atomic E-state index is 12.7. The molecule has 0 spiro atoms. The molecule has 1 rings (SSSR count). The van der Waals surface area contributed by atoms with Crippen molar-refractivity contribution in [3.05, 3.63) is 66.7 Å². The Bertz CT molecular complexity index is 505. The van der Waals surface area contributed by atoms with Gasteiger partial charge in [-0.25, -0.2) is 9.38 Å². The standard InChI is InChI=1S/C15H18FN3.CH3Cl/c1-3-4-5-6-12(2)19-15(17)11-18-14-9-7-13(16)8-10-14;1-2/h3-10,18H,1,11H2,2H3,(H2,17,19);1H3/b5-4-,12-6+;. The zero-order valence-corrected chi connectivity index (χ0v) is 13.1. The van der Waals surface area contributed by atoms with Crippen LogP contribution in [0.1, 0.15) is 6.92 Å². The molecule has 0 unspecified atom stereocenters. The van der Waals surface area contributed by atoms with Crippen LogP contribution in [0.25, 0.3) is 0 Å². The van der Waals surface area contributed by atoms with Gasteiger partial charge in [-0.1, -0.05) is 24.8 Å². The first kappa shape index (κ1) is 18.9. The van der Waals surface area contributed by atoms with Gasteiger partial charge in [-0.2, -0.15) is 0 Å². The van der Waals surface area contributed by atoms with Crippen LogP contribution in [-0.4, -0.2) is 18.8 Å². The molecule has 114 valence electrons. The molecule has 0 amide bonds. The van der Waals surface area contributed by atoms with E-state index in [1.165, 1.54) is 18.5 Å². The fourth-order valence-corrected chi connectivity index (χ4v) is 1.34. The summed E-state index contributed by atoms with van der Waals surface area (Å²) in [4.78, 5) is 4.21. The van der Waals surface area contributed by atoms with Gasteiger partial charge in [-0.3, -0.25) is 0 Å². The van der Waals surface area contributed by atoms with E-state index in [0.29, 0.717) is 12.4 Å². The number of hydrogen-bond donors (Lipinski definition) is 2. The molecule has 0 aromatic heterocycles. The Balaban J connectivity index is 0.00000191. The Morgan fingerprint density at radius 3 is 2.52 bits per heavy atom. The number of alkyl halides is 1. The van der Waals surface area contributed by atoms with Gasteiger partial charge in [0, 0.05) is 17.8 Å². The number of hydrogen-bond acceptors (Lipinski definition) is 2. The van der Waals surface area contributed by atoms with Crippen LogP contribution in [-0.2, 0) is 0 Å². The van der Waals surface area contributed by atoms with Gasteiger partial charge in [-0.05, 0) is 37.3 Å². The topological polar surface area (TPSA) is 50.4 Å². The lowest BCUT2D eigenvalue weighted by Crippen LogP contribution is -2.22. The minimum atomic E-state index is -0.264. The first-order valence-corrected chi connectivity index (χ1v) is 7.03. The third-order valence-corrected chi connectivity index (χ3v) is 2.22. The van der Waals surface area contributed by atoms with Crippen LogP contribution in [0.2, 0.25) is 0 Å². The molecule has 0 aliphatic rings. The van der Waals surface area contributed by atoms with E-state index >= 15 is 0 Å². The predicted octanol–water partition coefficient (Wildman–Crippen LogP) is 4.10. The molecule has 0 bridgehead atoms. The van der Waals surface area contributed by atoms with Crippen LogP contribution < -0.4 is 11.1 Å². The van der Waals surface area contributed by atoms with Crippen LogP contribution in [0.15, 0.2) is 65.8 Å². The van der Waals surface area contributed by atoms with Crippen LogP contribution >= 0.6 is 11.6 Å². The number of benzene rings is 1. The second kappa shape index (κ2) is 11.7. The van der Waals surface area contributed by atoms with Crippen LogP contribution in [0.5, 0.6) is 0 Å². The van der Waals surface area contributed by atoms with Gasteiger partial charge < -0.3 is 11.1 Å². The summed E-state index contributed by atoms with van der Waals surface area (Å²) in [5.41, 5.74) is 7.39. The predicted molar refractivity (Wildman–Crippen MR) is 91.4 cm³/mol. The molecule has 0 aliphatic carbocycles. The molecule has 3 nitrogen and oxygen atoms in total. The van der Waals surface area contributed by atoms with Crippen LogP contribution in [0.4, 0.5) is 10.1 Å². The van der Waals surface area contributed by atoms with E-state index in [4.69, 9.17) is 5.73 Å². The number of nitrogens with one attached hydrogen (secondary N) is 1. The Labute approximate surface area is 130 Å². The molecular formula is C16H21ClFN3. The Hall–Kier alpha value is -2.07. The number of nitrogens with zero attached hydrogens (tertiary/aromatic N) is 1. The van der Waals surface area contributed by atoms with E-state index in [-0.39, 0.29) is 5.82 Å². The Morgan fingerprint density at radius 2 is 1.95 bits per heavy atom. The molecule has 1 aromatic carbocycles. The van der Waals surface area contributed by atoms with Gasteiger partial charge in [-0.15, -0.1) is 11.6 Å². The van der Waals surface area contributed by atoms with E-state index in [2.05, 4.69) is 28.5 Å². The fourth-order valence-electron chi connectivity index (χ4n) is 1.34. The maximum absolute atomic E-state index is 12.7. The van der Waals surface area contributed by atoms with Crippen LogP contribution in [0, 0.1) is 5.82 Å².